The third kappa shape index (κ3) is 3.20. The van der Waals surface area contributed by atoms with E-state index in [1.165, 1.54) is 0 Å². The topological polar surface area (TPSA) is 67.2 Å². The predicted molar refractivity (Wildman–Crippen MR) is 104 cm³/mol. The molecule has 0 spiro atoms. The molecule has 0 N–H and O–H groups in total. The second kappa shape index (κ2) is 7.15. The van der Waals surface area contributed by atoms with Crippen molar-refractivity contribution in [2.75, 3.05) is 13.2 Å². The number of halogens is 1. The zero-order valence-electron chi connectivity index (χ0n) is 14.6. The normalized spacial score (nSPS) is 24.8. The van der Waals surface area contributed by atoms with Crippen molar-refractivity contribution in [2.24, 2.45) is 5.41 Å². The number of hydrogen-bond acceptors (Lipinski definition) is 4. The zero-order valence-corrected chi connectivity index (χ0v) is 17.0. The van der Waals surface area contributed by atoms with Crippen LogP contribution in [0.2, 0.25) is 0 Å². The first-order valence-electron chi connectivity index (χ1n) is 8.42. The highest BCUT2D eigenvalue weighted by Crippen LogP contribution is 2.64. The van der Waals surface area contributed by atoms with Gasteiger partial charge in [0.05, 0.1) is 22.8 Å². The lowest BCUT2D eigenvalue weighted by atomic mass is 10.0. The lowest BCUT2D eigenvalue weighted by Gasteiger charge is -2.10. The van der Waals surface area contributed by atoms with Gasteiger partial charge in [-0.05, 0) is 43.7 Å². The average Bonchev–Trinajstić information content (AvgIpc) is 3.31. The van der Waals surface area contributed by atoms with Crippen LogP contribution in [0.4, 0.5) is 0 Å². The Morgan fingerprint density at radius 1 is 1.15 bits per heavy atom. The summed E-state index contributed by atoms with van der Waals surface area (Å²) >= 11 is 3.39. The standard InChI is InChI=1S/C20H20BrNO3S/c1-3-25-13-20(12-22)18(15-6-8-16(21)9-7-15)19(20)26(23,24)17-10-4-14(2)5-11-17/h4-11,18-19H,3,13H2,1-2H3/t18-,19-,20-/m1/s1. The van der Waals surface area contributed by atoms with Crippen LogP contribution in [-0.4, -0.2) is 26.9 Å². The molecule has 1 saturated carbocycles. The van der Waals surface area contributed by atoms with Gasteiger partial charge < -0.3 is 4.74 Å². The van der Waals surface area contributed by atoms with Gasteiger partial charge in [0.2, 0.25) is 0 Å². The van der Waals surface area contributed by atoms with Gasteiger partial charge in [0.1, 0.15) is 5.41 Å². The molecule has 26 heavy (non-hydrogen) atoms. The van der Waals surface area contributed by atoms with E-state index in [4.69, 9.17) is 4.74 Å². The maximum atomic E-state index is 13.3. The fourth-order valence-electron chi connectivity index (χ4n) is 3.49. The second-order valence-electron chi connectivity index (χ2n) is 6.60. The molecule has 0 saturated heterocycles. The Balaban J connectivity index is 2.05. The van der Waals surface area contributed by atoms with E-state index in [1.807, 2.05) is 38.1 Å². The van der Waals surface area contributed by atoms with Gasteiger partial charge in [0, 0.05) is 17.0 Å². The fourth-order valence-corrected chi connectivity index (χ4v) is 6.06. The van der Waals surface area contributed by atoms with Crippen LogP contribution in [-0.2, 0) is 14.6 Å². The van der Waals surface area contributed by atoms with Crippen LogP contribution in [0.25, 0.3) is 0 Å². The summed E-state index contributed by atoms with van der Waals surface area (Å²) in [5.41, 5.74) is 0.772. The van der Waals surface area contributed by atoms with E-state index in [1.54, 1.807) is 24.3 Å². The number of nitrogens with zero attached hydrogens (tertiary/aromatic N) is 1. The highest BCUT2D eigenvalue weighted by atomic mass is 79.9. The van der Waals surface area contributed by atoms with Crippen LogP contribution in [0.5, 0.6) is 0 Å². The predicted octanol–water partition coefficient (Wildman–Crippen LogP) is 4.24. The number of aryl methyl sites for hydroxylation is 1. The van der Waals surface area contributed by atoms with Gasteiger partial charge in [0.25, 0.3) is 0 Å². The molecular weight excluding hydrogens is 414 g/mol. The quantitative estimate of drug-likeness (QED) is 0.682. The molecule has 0 unspecified atom stereocenters. The van der Waals surface area contributed by atoms with Crippen LogP contribution in [0.1, 0.15) is 24.0 Å². The van der Waals surface area contributed by atoms with E-state index in [0.29, 0.717) is 6.61 Å². The van der Waals surface area contributed by atoms with Gasteiger partial charge in [0.15, 0.2) is 9.84 Å². The first-order valence-corrected chi connectivity index (χ1v) is 10.8. The lowest BCUT2D eigenvalue weighted by Crippen LogP contribution is -2.19. The summed E-state index contributed by atoms with van der Waals surface area (Å²) in [6.07, 6.45) is 0. The van der Waals surface area contributed by atoms with Crippen molar-refractivity contribution in [1.29, 1.82) is 5.26 Å². The fraction of sp³-hybridized carbons (Fsp3) is 0.350. The molecule has 0 aromatic heterocycles. The number of sulfone groups is 1. The van der Waals surface area contributed by atoms with Crippen LogP contribution in [0, 0.1) is 23.7 Å². The summed E-state index contributed by atoms with van der Waals surface area (Å²) in [5, 5.41) is 9.08. The summed E-state index contributed by atoms with van der Waals surface area (Å²) in [6.45, 7) is 4.29. The van der Waals surface area contributed by atoms with E-state index in [9.17, 15) is 13.7 Å². The van der Waals surface area contributed by atoms with Crippen LogP contribution in [0.15, 0.2) is 57.9 Å². The van der Waals surface area contributed by atoms with Crippen LogP contribution >= 0.6 is 15.9 Å². The molecule has 3 rings (SSSR count). The van der Waals surface area contributed by atoms with Gasteiger partial charge >= 0.3 is 0 Å². The van der Waals surface area contributed by atoms with E-state index in [2.05, 4.69) is 22.0 Å². The molecule has 1 aliphatic rings. The van der Waals surface area contributed by atoms with Crippen molar-refractivity contribution < 1.29 is 13.2 Å². The summed E-state index contributed by atoms with van der Waals surface area (Å²) in [7, 11) is -3.65. The summed E-state index contributed by atoms with van der Waals surface area (Å²) < 4.78 is 33.0. The van der Waals surface area contributed by atoms with Gasteiger partial charge in [-0.25, -0.2) is 8.42 Å². The molecule has 1 aliphatic carbocycles. The van der Waals surface area contributed by atoms with E-state index < -0.39 is 26.4 Å². The first-order chi connectivity index (χ1) is 12.4. The van der Waals surface area contributed by atoms with Crippen molar-refractivity contribution in [3.05, 3.63) is 64.1 Å². The van der Waals surface area contributed by atoms with Crippen molar-refractivity contribution in [3.63, 3.8) is 0 Å². The van der Waals surface area contributed by atoms with Gasteiger partial charge in [-0.3, -0.25) is 0 Å². The van der Waals surface area contributed by atoms with Gasteiger partial charge in [-0.2, -0.15) is 5.26 Å². The molecule has 136 valence electrons. The van der Waals surface area contributed by atoms with Crippen molar-refractivity contribution >= 4 is 25.8 Å². The monoisotopic (exact) mass is 433 g/mol. The van der Waals surface area contributed by atoms with E-state index >= 15 is 0 Å². The zero-order chi connectivity index (χ0) is 18.9. The molecule has 0 aliphatic heterocycles. The Labute approximate surface area is 162 Å². The Morgan fingerprint density at radius 3 is 2.31 bits per heavy atom. The SMILES string of the molecule is CCOC[C@]1(C#N)[C@H](c2ccc(Br)cc2)[C@H]1S(=O)(=O)c1ccc(C)cc1. The summed E-state index contributed by atoms with van der Waals surface area (Å²) in [5.74, 6) is -0.404. The van der Waals surface area contributed by atoms with Gasteiger partial charge in [-0.1, -0.05) is 45.8 Å². The average molecular weight is 434 g/mol. The molecule has 6 heteroatoms. The second-order valence-corrected chi connectivity index (χ2v) is 9.58. The number of rotatable bonds is 6. The lowest BCUT2D eigenvalue weighted by molar-refractivity contribution is 0.117. The van der Waals surface area contributed by atoms with Crippen LogP contribution < -0.4 is 0 Å². The molecule has 3 atom stereocenters. The summed E-state index contributed by atoms with van der Waals surface area (Å²) in [4.78, 5) is 0.254. The van der Waals surface area contributed by atoms with Crippen LogP contribution in [0.3, 0.4) is 0 Å². The molecule has 2 aromatic rings. The number of nitriles is 1. The maximum Gasteiger partial charge on any atom is 0.183 e. The van der Waals surface area contributed by atoms with Crippen molar-refractivity contribution in [3.8, 4) is 6.07 Å². The molecule has 0 bridgehead atoms. The highest BCUT2D eigenvalue weighted by Gasteiger charge is 2.72. The number of ether oxygens (including phenoxy) is 1. The third-order valence-electron chi connectivity index (χ3n) is 4.92. The highest BCUT2D eigenvalue weighted by molar-refractivity contribution is 9.10. The molecule has 2 aromatic carbocycles. The van der Waals surface area contributed by atoms with Gasteiger partial charge in [-0.15, -0.1) is 0 Å². The molecule has 0 amide bonds. The molecule has 0 heterocycles. The smallest absolute Gasteiger partial charge is 0.183 e. The minimum Gasteiger partial charge on any atom is -0.380 e. The maximum absolute atomic E-state index is 13.3. The Kier molecular flexibility index (Phi) is 5.25. The minimum atomic E-state index is -3.65. The molecule has 0 radical (unpaired) electrons. The molecule has 4 nitrogen and oxygen atoms in total. The molecule has 1 fully saturated rings. The largest absolute Gasteiger partial charge is 0.380 e. The van der Waals surface area contributed by atoms with Crippen molar-refractivity contribution in [2.45, 2.75) is 29.9 Å². The first kappa shape index (κ1) is 19.1. The Hall–Kier alpha value is -1.68. The Bertz CT molecular complexity index is 933. The third-order valence-corrected chi connectivity index (χ3v) is 7.74. The number of hydrogen-bond donors (Lipinski definition) is 0. The van der Waals surface area contributed by atoms with Crippen molar-refractivity contribution in [1.82, 2.24) is 0 Å². The van der Waals surface area contributed by atoms with E-state index in [-0.39, 0.29) is 11.5 Å². The Morgan fingerprint density at radius 2 is 1.77 bits per heavy atom. The number of benzene rings is 2. The van der Waals surface area contributed by atoms with E-state index in [0.717, 1.165) is 15.6 Å². The minimum absolute atomic E-state index is 0.108. The molecular formula is C20H20BrNO3S. The summed E-state index contributed by atoms with van der Waals surface area (Å²) in [6, 6.07) is 16.5.